The van der Waals surface area contributed by atoms with Crippen LogP contribution >= 0.6 is 0 Å². The Hall–Kier alpha value is -1.55. The lowest BCUT2D eigenvalue weighted by molar-refractivity contribution is 0.0819. The number of benzene rings is 1. The van der Waals surface area contributed by atoms with Crippen LogP contribution < -0.4 is 4.74 Å². The molecule has 0 unspecified atom stereocenters. The van der Waals surface area contributed by atoms with Gasteiger partial charge in [0.1, 0.15) is 12.4 Å². The molecule has 1 aromatic rings. The molecule has 0 aromatic heterocycles. The second-order valence-electron chi connectivity index (χ2n) is 5.30. The molecule has 1 rings (SSSR count). The molecule has 0 aliphatic heterocycles. The van der Waals surface area contributed by atoms with Gasteiger partial charge in [-0.25, -0.2) is 0 Å². The van der Waals surface area contributed by atoms with Crippen molar-refractivity contribution in [3.05, 3.63) is 29.8 Å². The largest absolute Gasteiger partial charge is 0.491 e. The van der Waals surface area contributed by atoms with Crippen molar-refractivity contribution in [1.82, 2.24) is 0 Å². The van der Waals surface area contributed by atoms with Crippen molar-refractivity contribution in [2.75, 3.05) is 19.8 Å². The number of oxime groups is 1. The summed E-state index contributed by atoms with van der Waals surface area (Å²) in [6.45, 7) is 8.03. The van der Waals surface area contributed by atoms with Crippen LogP contribution in [-0.2, 0) is 11.2 Å². The van der Waals surface area contributed by atoms with E-state index in [1.807, 2.05) is 31.2 Å². The van der Waals surface area contributed by atoms with E-state index in [0.717, 1.165) is 30.9 Å². The van der Waals surface area contributed by atoms with Crippen molar-refractivity contribution in [3.8, 4) is 5.75 Å². The maximum atomic E-state index is 8.59. The van der Waals surface area contributed by atoms with Crippen LogP contribution in [0.15, 0.2) is 29.4 Å². The molecular formula is C16H25NO3. The molecule has 0 bridgehead atoms. The number of rotatable bonds is 9. The molecule has 1 N–H and O–H groups in total. The Kier molecular flexibility index (Phi) is 7.73. The van der Waals surface area contributed by atoms with Gasteiger partial charge < -0.3 is 14.7 Å². The summed E-state index contributed by atoms with van der Waals surface area (Å²) in [5.41, 5.74) is 1.95. The zero-order valence-corrected chi connectivity index (χ0v) is 12.6. The fourth-order valence-corrected chi connectivity index (χ4v) is 1.67. The summed E-state index contributed by atoms with van der Waals surface area (Å²) in [6.07, 6.45) is 1.63. The van der Waals surface area contributed by atoms with Crippen LogP contribution in [-0.4, -0.2) is 30.7 Å². The smallest absolute Gasteiger partial charge is 0.119 e. The number of hydrogen-bond acceptors (Lipinski definition) is 4. The van der Waals surface area contributed by atoms with E-state index in [4.69, 9.17) is 14.7 Å². The molecule has 4 heteroatoms. The Morgan fingerprint density at radius 1 is 1.20 bits per heavy atom. The first-order valence-corrected chi connectivity index (χ1v) is 7.09. The fraction of sp³-hybridized carbons (Fsp3) is 0.562. The average Bonchev–Trinajstić information content (AvgIpc) is 2.45. The molecule has 0 saturated carbocycles. The van der Waals surface area contributed by atoms with Crippen LogP contribution in [0.3, 0.4) is 0 Å². The van der Waals surface area contributed by atoms with Crippen molar-refractivity contribution in [3.63, 3.8) is 0 Å². The highest BCUT2D eigenvalue weighted by Crippen LogP contribution is 2.13. The van der Waals surface area contributed by atoms with Gasteiger partial charge in [-0.15, -0.1) is 0 Å². The monoisotopic (exact) mass is 279 g/mol. The second-order valence-corrected chi connectivity index (χ2v) is 5.30. The first-order valence-electron chi connectivity index (χ1n) is 7.09. The van der Waals surface area contributed by atoms with Gasteiger partial charge in [0, 0.05) is 6.61 Å². The lowest BCUT2D eigenvalue weighted by atomic mass is 10.1. The van der Waals surface area contributed by atoms with Crippen LogP contribution in [0.2, 0.25) is 0 Å². The van der Waals surface area contributed by atoms with E-state index in [0.29, 0.717) is 19.1 Å². The molecule has 0 spiro atoms. The zero-order valence-electron chi connectivity index (χ0n) is 12.6. The summed E-state index contributed by atoms with van der Waals surface area (Å²) in [6, 6.07) is 8.00. The summed E-state index contributed by atoms with van der Waals surface area (Å²) < 4.78 is 11.1. The molecule has 0 fully saturated rings. The van der Waals surface area contributed by atoms with Gasteiger partial charge in [0.25, 0.3) is 0 Å². The van der Waals surface area contributed by atoms with E-state index in [-0.39, 0.29) is 0 Å². The van der Waals surface area contributed by atoms with Gasteiger partial charge >= 0.3 is 0 Å². The van der Waals surface area contributed by atoms with Gasteiger partial charge in [-0.2, -0.15) is 0 Å². The highest BCUT2D eigenvalue weighted by atomic mass is 16.5. The third kappa shape index (κ3) is 7.14. The van der Waals surface area contributed by atoms with E-state index in [1.165, 1.54) is 5.56 Å². The van der Waals surface area contributed by atoms with E-state index in [9.17, 15) is 0 Å². The van der Waals surface area contributed by atoms with Crippen LogP contribution in [0.1, 0.15) is 32.8 Å². The van der Waals surface area contributed by atoms with Crippen molar-refractivity contribution < 1.29 is 14.7 Å². The zero-order chi connectivity index (χ0) is 14.8. The highest BCUT2D eigenvalue weighted by molar-refractivity contribution is 5.81. The lowest BCUT2D eigenvalue weighted by Crippen LogP contribution is -2.10. The lowest BCUT2D eigenvalue weighted by Gasteiger charge is -2.09. The molecule has 0 heterocycles. The van der Waals surface area contributed by atoms with Gasteiger partial charge in [0.05, 0.1) is 12.3 Å². The van der Waals surface area contributed by atoms with E-state index in [1.54, 1.807) is 0 Å². The molecule has 0 aliphatic rings. The Labute approximate surface area is 121 Å². The minimum absolute atomic E-state index is 0.556. The van der Waals surface area contributed by atoms with Crippen molar-refractivity contribution in [1.29, 1.82) is 0 Å². The first kappa shape index (κ1) is 16.5. The van der Waals surface area contributed by atoms with Gasteiger partial charge in [0.15, 0.2) is 0 Å². The summed E-state index contributed by atoms with van der Waals surface area (Å²) in [5, 5.41) is 11.8. The Bertz CT molecular complexity index is 399. The fourth-order valence-electron chi connectivity index (χ4n) is 1.67. The number of hydrogen-bond donors (Lipinski definition) is 1. The molecule has 112 valence electrons. The van der Waals surface area contributed by atoms with Crippen LogP contribution in [0.5, 0.6) is 5.75 Å². The van der Waals surface area contributed by atoms with Crippen LogP contribution in [0.4, 0.5) is 0 Å². The Morgan fingerprint density at radius 3 is 2.50 bits per heavy atom. The van der Waals surface area contributed by atoms with Crippen molar-refractivity contribution >= 4 is 5.71 Å². The highest BCUT2D eigenvalue weighted by Gasteiger charge is 1.99. The molecule has 20 heavy (non-hydrogen) atoms. The van der Waals surface area contributed by atoms with Crippen LogP contribution in [0.25, 0.3) is 0 Å². The second kappa shape index (κ2) is 9.37. The topological polar surface area (TPSA) is 51.0 Å². The molecule has 4 nitrogen and oxygen atoms in total. The standard InChI is InChI=1S/C16H25NO3/c1-13(2)12-19-10-11-20-16-8-6-15(7-9-16)5-4-14(3)17-18/h6-9,13,18H,4-5,10-12H2,1-3H3/b17-14+. The molecule has 0 radical (unpaired) electrons. The maximum absolute atomic E-state index is 8.59. The van der Waals surface area contributed by atoms with Gasteiger partial charge in [-0.1, -0.05) is 31.1 Å². The minimum atomic E-state index is 0.556. The third-order valence-corrected chi connectivity index (χ3v) is 2.82. The molecular weight excluding hydrogens is 254 g/mol. The van der Waals surface area contributed by atoms with Gasteiger partial charge in [-0.3, -0.25) is 0 Å². The van der Waals surface area contributed by atoms with E-state index in [2.05, 4.69) is 19.0 Å². The van der Waals surface area contributed by atoms with Gasteiger partial charge in [-0.05, 0) is 43.4 Å². The third-order valence-electron chi connectivity index (χ3n) is 2.82. The first-order chi connectivity index (χ1) is 9.61. The summed E-state index contributed by atoms with van der Waals surface area (Å²) in [7, 11) is 0. The van der Waals surface area contributed by atoms with Crippen molar-refractivity contribution in [2.45, 2.75) is 33.6 Å². The predicted octanol–water partition coefficient (Wildman–Crippen LogP) is 3.52. The summed E-state index contributed by atoms with van der Waals surface area (Å²) in [5.74, 6) is 1.41. The minimum Gasteiger partial charge on any atom is -0.491 e. The van der Waals surface area contributed by atoms with E-state index < -0.39 is 0 Å². The Balaban J connectivity index is 2.25. The average molecular weight is 279 g/mol. The molecule has 0 atom stereocenters. The SMILES string of the molecule is C/C(CCc1ccc(OCCOCC(C)C)cc1)=N\O. The quantitative estimate of drug-likeness (QED) is 0.326. The number of ether oxygens (including phenoxy) is 2. The van der Waals surface area contributed by atoms with Gasteiger partial charge in [0.2, 0.25) is 0 Å². The number of nitrogens with zero attached hydrogens (tertiary/aromatic N) is 1. The normalized spacial score (nSPS) is 11.9. The molecule has 0 saturated heterocycles. The molecule has 1 aromatic carbocycles. The number of aryl methyl sites for hydroxylation is 1. The predicted molar refractivity (Wildman–Crippen MR) is 80.8 cm³/mol. The van der Waals surface area contributed by atoms with Crippen molar-refractivity contribution in [2.24, 2.45) is 11.1 Å². The van der Waals surface area contributed by atoms with E-state index >= 15 is 0 Å². The molecule has 0 aliphatic carbocycles. The Morgan fingerprint density at radius 2 is 1.90 bits per heavy atom. The summed E-state index contributed by atoms with van der Waals surface area (Å²) >= 11 is 0. The maximum Gasteiger partial charge on any atom is 0.119 e. The molecule has 0 amide bonds. The van der Waals surface area contributed by atoms with Crippen LogP contribution in [0, 0.1) is 5.92 Å². The summed E-state index contributed by atoms with van der Waals surface area (Å²) in [4.78, 5) is 0.